The Hall–Kier alpha value is -2.41. The molecule has 3 heterocycles. The lowest BCUT2D eigenvalue weighted by molar-refractivity contribution is -0.128. The predicted molar refractivity (Wildman–Crippen MR) is 114 cm³/mol. The number of allylic oxidation sites excluding steroid dienone is 2. The number of carbonyl (C=O) groups excluding carboxylic acids is 1. The summed E-state index contributed by atoms with van der Waals surface area (Å²) < 4.78 is 27.7. The maximum absolute atomic E-state index is 13.1. The number of sulfonamides is 1. The number of amidine groups is 1. The van der Waals surface area contributed by atoms with E-state index in [-0.39, 0.29) is 17.5 Å². The zero-order chi connectivity index (χ0) is 20.4. The normalized spacial score (nSPS) is 21.4. The maximum atomic E-state index is 13.1. The molecule has 0 bridgehead atoms. The maximum Gasteiger partial charge on any atom is 0.257 e. The lowest BCUT2D eigenvalue weighted by Gasteiger charge is -2.35. The number of hydrogen-bond donors (Lipinski definition) is 0. The summed E-state index contributed by atoms with van der Waals surface area (Å²) in [6.07, 6.45) is 9.42. The molecule has 154 valence electrons. The smallest absolute Gasteiger partial charge is 0.257 e. The summed E-state index contributed by atoms with van der Waals surface area (Å²) in [5.74, 6) is 0.746. The van der Waals surface area contributed by atoms with Crippen molar-refractivity contribution in [2.45, 2.75) is 32.6 Å². The first-order chi connectivity index (χ1) is 13.9. The van der Waals surface area contributed by atoms with E-state index in [1.165, 1.54) is 11.1 Å². The van der Waals surface area contributed by atoms with Gasteiger partial charge < -0.3 is 9.80 Å². The molecule has 4 rings (SSSR count). The van der Waals surface area contributed by atoms with Gasteiger partial charge in [0, 0.05) is 25.8 Å². The number of fused-ring (bicyclic) bond motifs is 1. The highest BCUT2D eigenvalue weighted by Crippen LogP contribution is 2.25. The lowest BCUT2D eigenvalue weighted by atomic mass is 9.90. The Balaban J connectivity index is 1.35. The molecule has 3 aliphatic heterocycles. The highest BCUT2D eigenvalue weighted by atomic mass is 32.2. The van der Waals surface area contributed by atoms with Crippen molar-refractivity contribution in [2.24, 2.45) is 10.3 Å². The second-order valence-corrected chi connectivity index (χ2v) is 9.83. The van der Waals surface area contributed by atoms with Gasteiger partial charge >= 0.3 is 0 Å². The Morgan fingerprint density at radius 3 is 2.59 bits per heavy atom. The quantitative estimate of drug-likeness (QED) is 0.761. The topological polar surface area (TPSA) is 70.1 Å². The second-order valence-electron chi connectivity index (χ2n) is 8.08. The van der Waals surface area contributed by atoms with E-state index in [0.717, 1.165) is 25.7 Å². The largest absolute Gasteiger partial charge is 0.339 e. The number of rotatable bonds is 4. The average Bonchev–Trinajstić information content (AvgIpc) is 2.72. The van der Waals surface area contributed by atoms with Crippen LogP contribution in [-0.4, -0.2) is 55.3 Å². The zero-order valence-corrected chi connectivity index (χ0v) is 17.6. The van der Waals surface area contributed by atoms with Gasteiger partial charge in [-0.15, -0.1) is 4.40 Å². The monoisotopic (exact) mass is 413 g/mol. The first kappa shape index (κ1) is 19.9. The molecule has 1 fully saturated rings. The molecule has 0 radical (unpaired) electrons. The van der Waals surface area contributed by atoms with E-state index < -0.39 is 10.0 Å². The number of hydrogen-bond acceptors (Lipinski definition) is 4. The summed E-state index contributed by atoms with van der Waals surface area (Å²) >= 11 is 0. The Kier molecular flexibility index (Phi) is 5.58. The molecule has 0 atom stereocenters. The van der Waals surface area contributed by atoms with E-state index in [1.807, 2.05) is 4.90 Å². The number of benzene rings is 1. The van der Waals surface area contributed by atoms with Gasteiger partial charge in [-0.25, -0.2) is 8.42 Å². The van der Waals surface area contributed by atoms with Gasteiger partial charge in [-0.05, 0) is 56.2 Å². The third-order valence-corrected chi connectivity index (χ3v) is 7.10. The summed E-state index contributed by atoms with van der Waals surface area (Å²) in [5.41, 5.74) is 3.03. The minimum atomic E-state index is -3.49. The summed E-state index contributed by atoms with van der Waals surface area (Å²) in [7, 11) is -3.49. The average molecular weight is 414 g/mol. The highest BCUT2D eigenvalue weighted by Gasteiger charge is 2.33. The number of likely N-dealkylation sites (tertiary alicyclic amines) is 1. The van der Waals surface area contributed by atoms with Crippen LogP contribution in [0.25, 0.3) is 0 Å². The molecular weight excluding hydrogens is 386 g/mol. The summed E-state index contributed by atoms with van der Waals surface area (Å²) in [6.45, 7) is 3.85. The molecule has 0 aromatic heterocycles. The van der Waals surface area contributed by atoms with Gasteiger partial charge in [0.1, 0.15) is 0 Å². The fourth-order valence-corrected chi connectivity index (χ4v) is 5.09. The van der Waals surface area contributed by atoms with Gasteiger partial charge in [0.2, 0.25) is 0 Å². The number of carbonyl (C=O) groups is 1. The number of piperidine rings is 1. The van der Waals surface area contributed by atoms with E-state index in [9.17, 15) is 13.2 Å². The summed E-state index contributed by atoms with van der Waals surface area (Å²) in [6, 6.07) is 8.70. The van der Waals surface area contributed by atoms with Crippen molar-refractivity contribution in [1.29, 1.82) is 0 Å². The SMILES string of the molecule is Cc1ccc(CCC2CCN(C(=O)C3=CC=CN4CCS(=O)(=O)N=C34)CC2)cc1. The molecule has 1 aromatic rings. The molecule has 0 N–H and O–H groups in total. The molecule has 7 heteroatoms. The van der Waals surface area contributed by atoms with Crippen molar-refractivity contribution < 1.29 is 13.2 Å². The van der Waals surface area contributed by atoms with Crippen molar-refractivity contribution in [2.75, 3.05) is 25.4 Å². The van der Waals surface area contributed by atoms with Crippen LogP contribution in [0.3, 0.4) is 0 Å². The number of nitrogens with zero attached hydrogens (tertiary/aromatic N) is 3. The van der Waals surface area contributed by atoms with Crippen LogP contribution < -0.4 is 0 Å². The molecule has 1 amide bonds. The second kappa shape index (κ2) is 8.14. The van der Waals surface area contributed by atoms with Crippen molar-refractivity contribution in [3.8, 4) is 0 Å². The van der Waals surface area contributed by atoms with E-state index in [4.69, 9.17) is 0 Å². The molecule has 0 spiro atoms. The van der Waals surface area contributed by atoms with Crippen molar-refractivity contribution in [3.05, 3.63) is 59.3 Å². The minimum absolute atomic E-state index is 0.0192. The Labute approximate surface area is 172 Å². The molecule has 0 saturated carbocycles. The van der Waals surface area contributed by atoms with Crippen LogP contribution in [0.2, 0.25) is 0 Å². The van der Waals surface area contributed by atoms with Crippen LogP contribution in [0.5, 0.6) is 0 Å². The number of aryl methyl sites for hydroxylation is 2. The molecule has 1 aromatic carbocycles. The third kappa shape index (κ3) is 4.61. The van der Waals surface area contributed by atoms with Gasteiger partial charge in [0.05, 0.1) is 11.3 Å². The Morgan fingerprint density at radius 2 is 1.86 bits per heavy atom. The minimum Gasteiger partial charge on any atom is -0.339 e. The van der Waals surface area contributed by atoms with Crippen LogP contribution in [-0.2, 0) is 21.2 Å². The third-order valence-electron chi connectivity index (χ3n) is 5.95. The molecular formula is C22H27N3O3S. The fraction of sp³-hybridized carbons (Fsp3) is 0.455. The zero-order valence-electron chi connectivity index (χ0n) is 16.8. The molecule has 6 nitrogen and oxygen atoms in total. The van der Waals surface area contributed by atoms with Crippen molar-refractivity contribution >= 4 is 21.8 Å². The molecule has 0 unspecified atom stereocenters. The van der Waals surface area contributed by atoms with Crippen LogP contribution >= 0.6 is 0 Å². The summed E-state index contributed by atoms with van der Waals surface area (Å²) in [5, 5.41) is 0. The fourth-order valence-electron chi connectivity index (χ4n) is 4.10. The standard InChI is InChI=1S/C22H27N3O3S/c1-17-4-6-18(7-5-17)8-9-19-10-13-25(14-11-19)22(26)20-3-2-12-24-15-16-29(27,28)23-21(20)24/h2-7,12,19H,8-11,13-16H2,1H3. The van der Waals surface area contributed by atoms with Gasteiger partial charge in [0.15, 0.2) is 5.84 Å². The van der Waals surface area contributed by atoms with Crippen molar-refractivity contribution in [3.63, 3.8) is 0 Å². The van der Waals surface area contributed by atoms with Gasteiger partial charge in [0.25, 0.3) is 15.9 Å². The van der Waals surface area contributed by atoms with Crippen LogP contribution in [0.1, 0.15) is 30.4 Å². The Bertz CT molecular complexity index is 969. The van der Waals surface area contributed by atoms with Crippen LogP contribution in [0.4, 0.5) is 0 Å². The summed E-state index contributed by atoms with van der Waals surface area (Å²) in [4.78, 5) is 16.7. The van der Waals surface area contributed by atoms with E-state index in [2.05, 4.69) is 35.6 Å². The molecule has 1 saturated heterocycles. The first-order valence-corrected chi connectivity index (χ1v) is 11.9. The molecule has 0 aliphatic carbocycles. The number of amides is 1. The highest BCUT2D eigenvalue weighted by molar-refractivity contribution is 7.90. The molecule has 29 heavy (non-hydrogen) atoms. The Morgan fingerprint density at radius 1 is 1.14 bits per heavy atom. The van der Waals surface area contributed by atoms with Crippen LogP contribution in [0, 0.1) is 12.8 Å². The van der Waals surface area contributed by atoms with Gasteiger partial charge in [-0.1, -0.05) is 29.8 Å². The van der Waals surface area contributed by atoms with E-state index in [0.29, 0.717) is 31.1 Å². The predicted octanol–water partition coefficient (Wildman–Crippen LogP) is 2.66. The van der Waals surface area contributed by atoms with Gasteiger partial charge in [-0.3, -0.25) is 4.79 Å². The first-order valence-electron chi connectivity index (χ1n) is 10.2. The molecule has 3 aliphatic rings. The van der Waals surface area contributed by atoms with E-state index in [1.54, 1.807) is 23.3 Å². The van der Waals surface area contributed by atoms with Gasteiger partial charge in [-0.2, -0.15) is 0 Å². The lowest BCUT2D eigenvalue weighted by Crippen LogP contribution is -2.45. The van der Waals surface area contributed by atoms with Crippen LogP contribution in [0.15, 0.2) is 52.6 Å². The van der Waals surface area contributed by atoms with Crippen molar-refractivity contribution in [1.82, 2.24) is 9.80 Å². The van der Waals surface area contributed by atoms with E-state index >= 15 is 0 Å².